The Labute approximate surface area is 113 Å². The molecule has 0 saturated carbocycles. The maximum Gasteiger partial charge on any atom is 0.309 e. The Hall–Kier alpha value is -1.71. The van der Waals surface area contributed by atoms with Gasteiger partial charge in [0.1, 0.15) is 0 Å². The van der Waals surface area contributed by atoms with Gasteiger partial charge in [-0.2, -0.15) is 0 Å². The summed E-state index contributed by atoms with van der Waals surface area (Å²) in [6.07, 6.45) is 0.479. The molecule has 0 fully saturated rings. The Bertz CT molecular complexity index is 503. The Morgan fingerprint density at radius 3 is 2.42 bits per heavy atom. The second-order valence-corrected chi connectivity index (χ2v) is 5.92. The molecule has 0 radical (unpaired) electrons. The lowest BCUT2D eigenvalue weighted by molar-refractivity contribution is -0.146. The first-order valence-electron chi connectivity index (χ1n) is 6.47. The second kappa shape index (κ2) is 4.76. The molecule has 0 aliphatic carbocycles. The summed E-state index contributed by atoms with van der Waals surface area (Å²) in [5, 5.41) is 9.27. The van der Waals surface area contributed by atoms with Crippen molar-refractivity contribution in [1.29, 1.82) is 0 Å². The van der Waals surface area contributed by atoms with Crippen molar-refractivity contribution in [2.75, 3.05) is 6.79 Å². The van der Waals surface area contributed by atoms with E-state index >= 15 is 0 Å². The highest BCUT2D eigenvalue weighted by Crippen LogP contribution is 2.39. The zero-order valence-electron chi connectivity index (χ0n) is 11.8. The van der Waals surface area contributed by atoms with E-state index in [4.69, 9.17) is 9.47 Å². The fourth-order valence-corrected chi connectivity index (χ4v) is 2.24. The summed E-state index contributed by atoms with van der Waals surface area (Å²) in [4.78, 5) is 11.3. The molecular formula is C15H20O4. The van der Waals surface area contributed by atoms with Crippen molar-refractivity contribution in [3.8, 4) is 11.5 Å². The lowest BCUT2D eigenvalue weighted by Gasteiger charge is -2.22. The first-order chi connectivity index (χ1) is 8.81. The zero-order chi connectivity index (χ0) is 14.2. The van der Waals surface area contributed by atoms with Crippen LogP contribution in [-0.2, 0) is 11.2 Å². The molecule has 0 atom stereocenters. The Kier molecular flexibility index (Phi) is 3.43. The predicted octanol–water partition coefficient (Wildman–Crippen LogP) is 3.19. The molecule has 1 aliphatic heterocycles. The lowest BCUT2D eigenvalue weighted by atomic mass is 9.82. The topological polar surface area (TPSA) is 55.8 Å². The van der Waals surface area contributed by atoms with Gasteiger partial charge in [0.25, 0.3) is 0 Å². The maximum atomic E-state index is 11.3. The van der Waals surface area contributed by atoms with Gasteiger partial charge in [-0.3, -0.25) is 4.79 Å². The standard InChI is InChI=1S/C15H20O4/c1-9(2)11-6-13-12(18-8-19-13)5-10(11)7-15(3,4)14(16)17/h5-6,9H,7-8H2,1-4H3,(H,16,17). The molecule has 1 aromatic carbocycles. The molecule has 4 nitrogen and oxygen atoms in total. The number of benzene rings is 1. The van der Waals surface area contributed by atoms with E-state index in [-0.39, 0.29) is 6.79 Å². The molecule has 0 spiro atoms. The Morgan fingerprint density at radius 2 is 1.89 bits per heavy atom. The number of aliphatic carboxylic acids is 1. The van der Waals surface area contributed by atoms with Crippen LogP contribution in [0.25, 0.3) is 0 Å². The fourth-order valence-electron chi connectivity index (χ4n) is 2.24. The number of rotatable bonds is 4. The van der Waals surface area contributed by atoms with Crippen LogP contribution < -0.4 is 9.47 Å². The Morgan fingerprint density at radius 1 is 1.32 bits per heavy atom. The smallest absolute Gasteiger partial charge is 0.309 e. The third-order valence-electron chi connectivity index (χ3n) is 3.47. The van der Waals surface area contributed by atoms with Gasteiger partial charge in [-0.1, -0.05) is 13.8 Å². The summed E-state index contributed by atoms with van der Waals surface area (Å²) >= 11 is 0. The summed E-state index contributed by atoms with van der Waals surface area (Å²) in [6, 6.07) is 3.89. The number of hydrogen-bond acceptors (Lipinski definition) is 3. The summed E-state index contributed by atoms with van der Waals surface area (Å²) in [6.45, 7) is 7.90. The molecule has 19 heavy (non-hydrogen) atoms. The SMILES string of the molecule is CC(C)c1cc2c(cc1CC(C)(C)C(=O)O)OCO2. The van der Waals surface area contributed by atoms with Crippen LogP contribution in [0.5, 0.6) is 11.5 Å². The molecule has 2 rings (SSSR count). The average Bonchev–Trinajstić information content (AvgIpc) is 2.73. The quantitative estimate of drug-likeness (QED) is 0.907. The molecule has 1 N–H and O–H groups in total. The maximum absolute atomic E-state index is 11.3. The minimum atomic E-state index is -0.794. The van der Waals surface area contributed by atoms with Gasteiger partial charge < -0.3 is 14.6 Å². The molecule has 4 heteroatoms. The van der Waals surface area contributed by atoms with Crippen LogP contribution in [0.3, 0.4) is 0 Å². The van der Waals surface area contributed by atoms with Gasteiger partial charge in [0.05, 0.1) is 5.41 Å². The van der Waals surface area contributed by atoms with E-state index in [0.717, 1.165) is 16.9 Å². The van der Waals surface area contributed by atoms with Crippen molar-refractivity contribution in [3.05, 3.63) is 23.3 Å². The molecule has 104 valence electrons. The van der Waals surface area contributed by atoms with Crippen LogP contribution in [0.15, 0.2) is 12.1 Å². The van der Waals surface area contributed by atoms with Crippen LogP contribution in [0.2, 0.25) is 0 Å². The average molecular weight is 264 g/mol. The third-order valence-corrected chi connectivity index (χ3v) is 3.47. The largest absolute Gasteiger partial charge is 0.481 e. The van der Waals surface area contributed by atoms with Crippen LogP contribution in [0.4, 0.5) is 0 Å². The van der Waals surface area contributed by atoms with Crippen LogP contribution in [0.1, 0.15) is 44.7 Å². The van der Waals surface area contributed by atoms with Crippen molar-refractivity contribution in [2.24, 2.45) is 5.41 Å². The molecule has 0 amide bonds. The minimum Gasteiger partial charge on any atom is -0.481 e. The highest BCUT2D eigenvalue weighted by atomic mass is 16.7. The van der Waals surface area contributed by atoms with E-state index < -0.39 is 11.4 Å². The molecule has 1 heterocycles. The van der Waals surface area contributed by atoms with Gasteiger partial charge in [0.15, 0.2) is 11.5 Å². The monoisotopic (exact) mass is 264 g/mol. The van der Waals surface area contributed by atoms with Crippen LogP contribution in [0, 0.1) is 5.41 Å². The van der Waals surface area contributed by atoms with Gasteiger partial charge in [-0.05, 0) is 49.4 Å². The van der Waals surface area contributed by atoms with Gasteiger partial charge in [0.2, 0.25) is 6.79 Å². The third kappa shape index (κ3) is 2.67. The zero-order valence-corrected chi connectivity index (χ0v) is 11.8. The van der Waals surface area contributed by atoms with E-state index in [1.807, 2.05) is 12.1 Å². The number of carboxylic acids is 1. The van der Waals surface area contributed by atoms with Crippen LogP contribution in [-0.4, -0.2) is 17.9 Å². The highest BCUT2D eigenvalue weighted by Gasteiger charge is 2.30. The number of fused-ring (bicyclic) bond motifs is 1. The highest BCUT2D eigenvalue weighted by molar-refractivity contribution is 5.74. The predicted molar refractivity (Wildman–Crippen MR) is 71.8 cm³/mol. The van der Waals surface area contributed by atoms with E-state index in [1.54, 1.807) is 13.8 Å². The van der Waals surface area contributed by atoms with E-state index in [1.165, 1.54) is 0 Å². The van der Waals surface area contributed by atoms with Gasteiger partial charge in [0, 0.05) is 0 Å². The van der Waals surface area contributed by atoms with Crippen molar-refractivity contribution in [3.63, 3.8) is 0 Å². The normalized spacial score (nSPS) is 13.9. The first kappa shape index (κ1) is 13.7. The number of hydrogen-bond donors (Lipinski definition) is 1. The van der Waals surface area contributed by atoms with Crippen LogP contribution >= 0.6 is 0 Å². The molecule has 1 aliphatic rings. The lowest BCUT2D eigenvalue weighted by Crippen LogP contribution is -2.26. The molecule has 0 bridgehead atoms. The summed E-state index contributed by atoms with van der Waals surface area (Å²) in [5.41, 5.74) is 1.35. The van der Waals surface area contributed by atoms with Crippen molar-refractivity contribution in [1.82, 2.24) is 0 Å². The van der Waals surface area contributed by atoms with E-state index in [0.29, 0.717) is 18.1 Å². The van der Waals surface area contributed by atoms with Crippen molar-refractivity contribution in [2.45, 2.75) is 40.0 Å². The fraction of sp³-hybridized carbons (Fsp3) is 0.533. The summed E-state index contributed by atoms with van der Waals surface area (Å²) < 4.78 is 10.8. The Balaban J connectivity index is 2.41. The van der Waals surface area contributed by atoms with Gasteiger partial charge in [-0.15, -0.1) is 0 Å². The second-order valence-electron chi connectivity index (χ2n) is 5.92. The number of ether oxygens (including phenoxy) is 2. The van der Waals surface area contributed by atoms with Gasteiger partial charge >= 0.3 is 5.97 Å². The summed E-state index contributed by atoms with van der Waals surface area (Å²) in [7, 11) is 0. The first-order valence-corrected chi connectivity index (χ1v) is 6.47. The van der Waals surface area contributed by atoms with E-state index in [9.17, 15) is 9.90 Å². The molecule has 0 saturated heterocycles. The number of carboxylic acid groups (broad SMARTS) is 1. The molecular weight excluding hydrogens is 244 g/mol. The van der Waals surface area contributed by atoms with Crippen molar-refractivity contribution < 1.29 is 19.4 Å². The summed E-state index contributed by atoms with van der Waals surface area (Å²) in [5.74, 6) is 0.982. The van der Waals surface area contributed by atoms with Gasteiger partial charge in [-0.25, -0.2) is 0 Å². The molecule has 1 aromatic rings. The minimum absolute atomic E-state index is 0.235. The number of carbonyl (C=O) groups is 1. The van der Waals surface area contributed by atoms with Crippen molar-refractivity contribution >= 4 is 5.97 Å². The molecule has 0 aromatic heterocycles. The molecule has 0 unspecified atom stereocenters. The van der Waals surface area contributed by atoms with E-state index in [2.05, 4.69) is 13.8 Å².